The molecule has 2 aromatic carbocycles. The van der Waals surface area contributed by atoms with Crippen LogP contribution in [-0.4, -0.2) is 11.1 Å². The number of urea groups is 1. The van der Waals surface area contributed by atoms with Gasteiger partial charge >= 0.3 is 6.03 Å². The average molecular weight is 271 g/mol. The fourth-order valence-electron chi connectivity index (χ4n) is 1.97. The van der Waals surface area contributed by atoms with Crippen LogP contribution in [0.4, 0.5) is 16.2 Å². The lowest BCUT2D eigenvalue weighted by atomic mass is 10.1. The molecule has 0 aliphatic rings. The minimum Gasteiger partial charge on any atom is -0.508 e. The number of phenolic OH excluding ortho intramolecular Hbond substituents is 1. The van der Waals surface area contributed by atoms with Gasteiger partial charge < -0.3 is 21.5 Å². The Bertz CT molecular complexity index is 596. The van der Waals surface area contributed by atoms with E-state index in [4.69, 9.17) is 5.73 Å². The number of anilines is 2. The van der Waals surface area contributed by atoms with Gasteiger partial charge in [0.25, 0.3) is 0 Å². The highest BCUT2D eigenvalue weighted by atomic mass is 16.3. The van der Waals surface area contributed by atoms with Crippen LogP contribution < -0.4 is 16.4 Å². The van der Waals surface area contributed by atoms with E-state index in [0.717, 1.165) is 11.3 Å². The van der Waals surface area contributed by atoms with E-state index in [9.17, 15) is 9.90 Å². The van der Waals surface area contributed by atoms with Crippen LogP contribution in [0, 0.1) is 0 Å². The van der Waals surface area contributed by atoms with E-state index in [-0.39, 0.29) is 11.8 Å². The zero-order chi connectivity index (χ0) is 14.5. The number of nitrogens with two attached hydrogens (primary N) is 1. The first kappa shape index (κ1) is 13.7. The number of benzene rings is 2. The Kier molecular flexibility index (Phi) is 4.10. The quantitative estimate of drug-likeness (QED) is 0.689. The van der Waals surface area contributed by atoms with Crippen molar-refractivity contribution in [1.29, 1.82) is 0 Å². The van der Waals surface area contributed by atoms with Crippen LogP contribution in [0.3, 0.4) is 0 Å². The molecule has 5 nitrogen and oxygen atoms in total. The molecule has 2 rings (SSSR count). The number of amides is 2. The zero-order valence-electron chi connectivity index (χ0n) is 11.1. The molecule has 0 fully saturated rings. The van der Waals surface area contributed by atoms with Crippen LogP contribution in [0.2, 0.25) is 0 Å². The summed E-state index contributed by atoms with van der Waals surface area (Å²) in [7, 11) is 0. The van der Waals surface area contributed by atoms with E-state index in [1.807, 2.05) is 31.2 Å². The van der Waals surface area contributed by atoms with E-state index in [0.29, 0.717) is 5.69 Å². The van der Waals surface area contributed by atoms with Gasteiger partial charge in [-0.05, 0) is 37.3 Å². The second kappa shape index (κ2) is 5.97. The van der Waals surface area contributed by atoms with E-state index in [1.165, 1.54) is 0 Å². The van der Waals surface area contributed by atoms with Crippen molar-refractivity contribution in [3.63, 3.8) is 0 Å². The number of hydrogen-bond acceptors (Lipinski definition) is 3. The van der Waals surface area contributed by atoms with Gasteiger partial charge in [-0.2, -0.15) is 0 Å². The number of phenols is 1. The molecule has 2 aromatic rings. The Morgan fingerprint density at radius 1 is 1.10 bits per heavy atom. The van der Waals surface area contributed by atoms with E-state index < -0.39 is 6.03 Å². The highest BCUT2D eigenvalue weighted by molar-refractivity contribution is 5.87. The summed E-state index contributed by atoms with van der Waals surface area (Å²) >= 11 is 0. The Morgan fingerprint density at radius 3 is 2.30 bits per heavy atom. The third-order valence-corrected chi connectivity index (χ3v) is 2.94. The predicted octanol–water partition coefficient (Wildman–Crippen LogP) is 3.06. The van der Waals surface area contributed by atoms with Gasteiger partial charge in [-0.15, -0.1) is 0 Å². The van der Waals surface area contributed by atoms with Crippen molar-refractivity contribution in [2.24, 2.45) is 5.73 Å². The molecule has 0 aromatic heterocycles. The Hall–Kier alpha value is -2.69. The van der Waals surface area contributed by atoms with Gasteiger partial charge in [0.15, 0.2) is 0 Å². The zero-order valence-corrected chi connectivity index (χ0v) is 11.1. The van der Waals surface area contributed by atoms with Crippen molar-refractivity contribution in [2.75, 3.05) is 10.6 Å². The van der Waals surface area contributed by atoms with Crippen LogP contribution in [0.15, 0.2) is 48.5 Å². The smallest absolute Gasteiger partial charge is 0.316 e. The minimum atomic E-state index is -0.590. The number of rotatable bonds is 4. The fourth-order valence-corrected chi connectivity index (χ4v) is 1.97. The summed E-state index contributed by atoms with van der Waals surface area (Å²) in [5.41, 5.74) is 7.39. The molecule has 0 saturated carbocycles. The summed E-state index contributed by atoms with van der Waals surface area (Å²) in [5, 5.41) is 15.6. The number of primary amides is 1. The number of hydrogen-bond donors (Lipinski definition) is 4. The maximum atomic E-state index is 10.7. The normalized spacial score (nSPS) is 11.7. The SMILES string of the molecule is CC(Nc1ccc(NC(N)=O)cc1)c1ccccc1O. The third kappa shape index (κ3) is 3.41. The standard InChI is InChI=1S/C15H17N3O2/c1-10(13-4-2-3-5-14(13)19)17-11-6-8-12(9-7-11)18-15(16)20/h2-10,17,19H,1H3,(H3,16,18,20). The fraction of sp³-hybridized carbons (Fsp3) is 0.133. The molecule has 0 heterocycles. The summed E-state index contributed by atoms with van der Waals surface area (Å²) in [6.45, 7) is 1.96. The topological polar surface area (TPSA) is 87.4 Å². The predicted molar refractivity (Wildman–Crippen MR) is 79.8 cm³/mol. The van der Waals surface area contributed by atoms with Gasteiger partial charge in [0, 0.05) is 16.9 Å². The van der Waals surface area contributed by atoms with Crippen molar-refractivity contribution < 1.29 is 9.90 Å². The summed E-state index contributed by atoms with van der Waals surface area (Å²) in [6.07, 6.45) is 0. The van der Waals surface area contributed by atoms with Gasteiger partial charge in [0.1, 0.15) is 5.75 Å². The van der Waals surface area contributed by atoms with Crippen LogP contribution in [0.5, 0.6) is 5.75 Å². The monoisotopic (exact) mass is 271 g/mol. The molecule has 0 aliphatic heterocycles. The van der Waals surface area contributed by atoms with Crippen LogP contribution in [-0.2, 0) is 0 Å². The van der Waals surface area contributed by atoms with E-state index >= 15 is 0 Å². The lowest BCUT2D eigenvalue weighted by molar-refractivity contribution is 0.259. The Morgan fingerprint density at radius 2 is 1.70 bits per heavy atom. The highest BCUT2D eigenvalue weighted by Crippen LogP contribution is 2.26. The van der Waals surface area contributed by atoms with Gasteiger partial charge in [-0.1, -0.05) is 18.2 Å². The molecule has 0 bridgehead atoms. The van der Waals surface area contributed by atoms with Gasteiger partial charge in [0.05, 0.1) is 6.04 Å². The van der Waals surface area contributed by atoms with Crippen LogP contribution in [0.1, 0.15) is 18.5 Å². The molecule has 0 saturated heterocycles. The molecule has 5 heteroatoms. The third-order valence-electron chi connectivity index (χ3n) is 2.94. The molecule has 1 unspecified atom stereocenters. The number of aromatic hydroxyl groups is 1. The van der Waals surface area contributed by atoms with Gasteiger partial charge in [-0.3, -0.25) is 0 Å². The molecule has 0 spiro atoms. The van der Waals surface area contributed by atoms with E-state index in [1.54, 1.807) is 24.3 Å². The first-order valence-corrected chi connectivity index (χ1v) is 6.27. The molecule has 0 aliphatic carbocycles. The maximum absolute atomic E-state index is 10.7. The summed E-state index contributed by atoms with van der Waals surface area (Å²) in [5.74, 6) is 0.263. The molecule has 20 heavy (non-hydrogen) atoms. The Labute approximate surface area is 117 Å². The first-order chi connectivity index (χ1) is 9.56. The van der Waals surface area contributed by atoms with Gasteiger partial charge in [-0.25, -0.2) is 4.79 Å². The number of carbonyl (C=O) groups is 1. The van der Waals surface area contributed by atoms with Crippen molar-refractivity contribution >= 4 is 17.4 Å². The summed E-state index contributed by atoms with van der Waals surface area (Å²) in [6, 6.07) is 13.8. The molecule has 104 valence electrons. The number of carbonyl (C=O) groups excluding carboxylic acids is 1. The van der Waals surface area contributed by atoms with Gasteiger partial charge in [0.2, 0.25) is 0 Å². The molecular weight excluding hydrogens is 254 g/mol. The first-order valence-electron chi connectivity index (χ1n) is 6.27. The van der Waals surface area contributed by atoms with Crippen molar-refractivity contribution in [1.82, 2.24) is 0 Å². The molecular formula is C15H17N3O2. The molecule has 5 N–H and O–H groups in total. The molecule has 1 atom stereocenters. The number of nitrogens with one attached hydrogen (secondary N) is 2. The van der Waals surface area contributed by atoms with Crippen molar-refractivity contribution in [3.05, 3.63) is 54.1 Å². The molecule has 0 radical (unpaired) electrons. The van der Waals surface area contributed by atoms with Crippen molar-refractivity contribution in [2.45, 2.75) is 13.0 Å². The molecule has 2 amide bonds. The maximum Gasteiger partial charge on any atom is 0.316 e. The highest BCUT2D eigenvalue weighted by Gasteiger charge is 2.09. The number of para-hydroxylation sites is 1. The minimum absolute atomic E-state index is 0.0360. The average Bonchev–Trinajstić information content (AvgIpc) is 2.41. The van der Waals surface area contributed by atoms with Crippen LogP contribution >= 0.6 is 0 Å². The lowest BCUT2D eigenvalue weighted by Gasteiger charge is -2.17. The Balaban J connectivity index is 2.06. The second-order valence-electron chi connectivity index (χ2n) is 4.49. The summed E-state index contributed by atoms with van der Waals surface area (Å²) < 4.78 is 0. The van der Waals surface area contributed by atoms with Crippen LogP contribution in [0.25, 0.3) is 0 Å². The summed E-state index contributed by atoms with van der Waals surface area (Å²) in [4.78, 5) is 10.7. The second-order valence-corrected chi connectivity index (χ2v) is 4.49. The van der Waals surface area contributed by atoms with E-state index in [2.05, 4.69) is 10.6 Å². The largest absolute Gasteiger partial charge is 0.508 e. The van der Waals surface area contributed by atoms with Crippen molar-refractivity contribution in [3.8, 4) is 5.75 Å². The lowest BCUT2D eigenvalue weighted by Crippen LogP contribution is -2.19.